The van der Waals surface area contributed by atoms with E-state index in [1.165, 1.54) is 30.7 Å². The number of nitrogens with one attached hydrogen (secondary N) is 2. The van der Waals surface area contributed by atoms with Crippen molar-refractivity contribution in [3.8, 4) is 0 Å². The van der Waals surface area contributed by atoms with Crippen LogP contribution >= 0.6 is 0 Å². The fourth-order valence-electron chi connectivity index (χ4n) is 3.84. The predicted octanol–water partition coefficient (Wildman–Crippen LogP) is 3.52. The van der Waals surface area contributed by atoms with E-state index in [1.54, 1.807) is 4.90 Å². The number of rotatable bonds is 10. The summed E-state index contributed by atoms with van der Waals surface area (Å²) in [6.07, 6.45) is 5.93. The lowest BCUT2D eigenvalue weighted by atomic mass is 9.94. The number of carbonyl (C=O) groups is 3. The quantitative estimate of drug-likeness (QED) is 0.554. The van der Waals surface area contributed by atoms with Gasteiger partial charge in [-0.2, -0.15) is 0 Å². The fraction of sp³-hybridized carbons (Fsp3) is 0.625. The molecule has 1 aliphatic heterocycles. The number of benzene rings is 1. The normalized spacial score (nSPS) is 17.3. The molecule has 2 unspecified atom stereocenters. The molecule has 3 amide bonds. The van der Waals surface area contributed by atoms with Crippen LogP contribution in [0.1, 0.15) is 69.7 Å². The first-order valence-electron chi connectivity index (χ1n) is 11.5. The number of halogens is 1. The molecule has 2 N–H and O–H groups in total. The fourth-order valence-corrected chi connectivity index (χ4v) is 3.84. The monoisotopic (exact) mass is 433 g/mol. The van der Waals surface area contributed by atoms with Crippen LogP contribution in [0.2, 0.25) is 0 Å². The van der Waals surface area contributed by atoms with Crippen molar-refractivity contribution >= 4 is 17.7 Å². The zero-order chi connectivity index (χ0) is 22.8. The Morgan fingerprint density at radius 1 is 1.13 bits per heavy atom. The zero-order valence-corrected chi connectivity index (χ0v) is 19.0. The SMILES string of the molecule is CCCCCCNC(=O)C1CCCN(C(=O)C(NC(=O)c2ccc(F)cc2)C(C)C)C1. The van der Waals surface area contributed by atoms with Gasteiger partial charge in [-0.15, -0.1) is 0 Å². The van der Waals surface area contributed by atoms with E-state index in [4.69, 9.17) is 0 Å². The van der Waals surface area contributed by atoms with Gasteiger partial charge in [0.15, 0.2) is 0 Å². The molecule has 0 aromatic heterocycles. The maximum Gasteiger partial charge on any atom is 0.251 e. The minimum absolute atomic E-state index is 0.00504. The molecule has 0 aliphatic carbocycles. The Balaban J connectivity index is 1.94. The highest BCUT2D eigenvalue weighted by Gasteiger charge is 2.33. The molecule has 2 atom stereocenters. The third-order valence-electron chi connectivity index (χ3n) is 5.76. The van der Waals surface area contributed by atoms with Crippen LogP contribution < -0.4 is 10.6 Å². The Labute approximate surface area is 185 Å². The number of amides is 3. The standard InChI is InChI=1S/C24H36FN3O3/c1-4-5-6-7-14-26-22(29)19-9-8-15-28(16-19)24(31)21(17(2)3)27-23(30)18-10-12-20(25)13-11-18/h10-13,17,19,21H,4-9,14-16H2,1-3H3,(H,26,29)(H,27,30). The Bertz CT molecular complexity index is 736. The summed E-state index contributed by atoms with van der Waals surface area (Å²) in [7, 11) is 0. The highest BCUT2D eigenvalue weighted by atomic mass is 19.1. The van der Waals surface area contributed by atoms with Gasteiger partial charge in [0, 0.05) is 25.2 Å². The summed E-state index contributed by atoms with van der Waals surface area (Å²) in [5.74, 6) is -1.34. The average Bonchev–Trinajstić information content (AvgIpc) is 2.77. The van der Waals surface area contributed by atoms with Gasteiger partial charge in [-0.1, -0.05) is 40.0 Å². The summed E-state index contributed by atoms with van der Waals surface area (Å²) in [4.78, 5) is 40.0. The lowest BCUT2D eigenvalue weighted by Crippen LogP contribution is -2.54. The smallest absolute Gasteiger partial charge is 0.251 e. The average molecular weight is 434 g/mol. The van der Waals surface area contributed by atoms with E-state index in [0.717, 1.165) is 32.1 Å². The number of likely N-dealkylation sites (tertiary alicyclic amines) is 1. The third kappa shape index (κ3) is 7.64. The first kappa shape index (κ1) is 24.8. The zero-order valence-electron chi connectivity index (χ0n) is 19.0. The third-order valence-corrected chi connectivity index (χ3v) is 5.76. The van der Waals surface area contributed by atoms with Crippen LogP contribution in [0.15, 0.2) is 24.3 Å². The van der Waals surface area contributed by atoms with Crippen LogP contribution in [0, 0.1) is 17.7 Å². The molecule has 0 spiro atoms. The van der Waals surface area contributed by atoms with Crippen LogP contribution in [0.4, 0.5) is 4.39 Å². The van der Waals surface area contributed by atoms with E-state index < -0.39 is 17.8 Å². The lowest BCUT2D eigenvalue weighted by Gasteiger charge is -2.35. The molecule has 172 valence electrons. The molecule has 31 heavy (non-hydrogen) atoms. The summed E-state index contributed by atoms with van der Waals surface area (Å²) >= 11 is 0. The minimum Gasteiger partial charge on any atom is -0.356 e. The molecule has 1 aromatic rings. The number of hydrogen-bond acceptors (Lipinski definition) is 3. The second-order valence-corrected chi connectivity index (χ2v) is 8.68. The van der Waals surface area contributed by atoms with Crippen LogP contribution in [-0.2, 0) is 9.59 Å². The van der Waals surface area contributed by atoms with E-state index in [9.17, 15) is 18.8 Å². The molecule has 1 fully saturated rings. The van der Waals surface area contributed by atoms with Gasteiger partial charge >= 0.3 is 0 Å². The molecule has 2 rings (SSSR count). The maximum absolute atomic E-state index is 13.2. The number of nitrogens with zero attached hydrogens (tertiary/aromatic N) is 1. The molecule has 1 aromatic carbocycles. The van der Waals surface area contributed by atoms with E-state index in [-0.39, 0.29) is 23.7 Å². The van der Waals surface area contributed by atoms with Gasteiger partial charge in [0.1, 0.15) is 11.9 Å². The highest BCUT2D eigenvalue weighted by Crippen LogP contribution is 2.19. The van der Waals surface area contributed by atoms with Gasteiger partial charge < -0.3 is 15.5 Å². The molecule has 1 aliphatic rings. The van der Waals surface area contributed by atoms with Crippen LogP contribution in [-0.4, -0.2) is 48.3 Å². The van der Waals surface area contributed by atoms with E-state index in [2.05, 4.69) is 17.6 Å². The Morgan fingerprint density at radius 3 is 2.48 bits per heavy atom. The van der Waals surface area contributed by atoms with Gasteiger partial charge in [-0.05, 0) is 49.4 Å². The van der Waals surface area contributed by atoms with Crippen molar-refractivity contribution in [2.75, 3.05) is 19.6 Å². The Hall–Kier alpha value is -2.44. The van der Waals surface area contributed by atoms with Crippen molar-refractivity contribution in [1.82, 2.24) is 15.5 Å². The molecule has 1 heterocycles. The molecular formula is C24H36FN3O3. The maximum atomic E-state index is 13.2. The largest absolute Gasteiger partial charge is 0.356 e. The van der Waals surface area contributed by atoms with Crippen molar-refractivity contribution in [2.24, 2.45) is 11.8 Å². The van der Waals surface area contributed by atoms with Gasteiger partial charge in [0.2, 0.25) is 11.8 Å². The van der Waals surface area contributed by atoms with Crippen molar-refractivity contribution in [3.63, 3.8) is 0 Å². The summed E-state index contributed by atoms with van der Waals surface area (Å²) in [5, 5.41) is 5.80. The van der Waals surface area contributed by atoms with Gasteiger partial charge in [0.25, 0.3) is 5.91 Å². The molecule has 0 saturated carbocycles. The number of carbonyl (C=O) groups excluding carboxylic acids is 3. The topological polar surface area (TPSA) is 78.5 Å². The van der Waals surface area contributed by atoms with Crippen molar-refractivity contribution in [1.29, 1.82) is 0 Å². The number of piperidine rings is 1. The summed E-state index contributed by atoms with van der Waals surface area (Å²) < 4.78 is 13.1. The molecule has 7 heteroatoms. The van der Waals surface area contributed by atoms with Crippen LogP contribution in [0.5, 0.6) is 0 Å². The van der Waals surface area contributed by atoms with E-state index in [0.29, 0.717) is 25.2 Å². The number of unbranched alkanes of at least 4 members (excludes halogenated alkanes) is 3. The van der Waals surface area contributed by atoms with Crippen molar-refractivity contribution in [2.45, 2.75) is 65.3 Å². The Morgan fingerprint density at radius 2 is 1.84 bits per heavy atom. The van der Waals surface area contributed by atoms with Crippen molar-refractivity contribution in [3.05, 3.63) is 35.6 Å². The van der Waals surface area contributed by atoms with E-state index in [1.807, 2.05) is 13.8 Å². The van der Waals surface area contributed by atoms with Crippen LogP contribution in [0.25, 0.3) is 0 Å². The highest BCUT2D eigenvalue weighted by molar-refractivity contribution is 5.97. The molecule has 0 radical (unpaired) electrons. The molecular weight excluding hydrogens is 397 g/mol. The van der Waals surface area contributed by atoms with Crippen molar-refractivity contribution < 1.29 is 18.8 Å². The first-order valence-corrected chi connectivity index (χ1v) is 11.5. The molecule has 0 bridgehead atoms. The van der Waals surface area contributed by atoms with Crippen LogP contribution in [0.3, 0.4) is 0 Å². The number of hydrogen-bond donors (Lipinski definition) is 2. The molecule has 1 saturated heterocycles. The van der Waals surface area contributed by atoms with Gasteiger partial charge in [-0.25, -0.2) is 4.39 Å². The second kappa shape index (κ2) is 12.4. The summed E-state index contributed by atoms with van der Waals surface area (Å²) in [6, 6.07) is 4.53. The van der Waals surface area contributed by atoms with E-state index >= 15 is 0 Å². The first-order chi connectivity index (χ1) is 14.8. The van der Waals surface area contributed by atoms with Gasteiger partial charge in [0.05, 0.1) is 5.92 Å². The minimum atomic E-state index is -0.701. The summed E-state index contributed by atoms with van der Waals surface area (Å²) in [6.45, 7) is 7.52. The second-order valence-electron chi connectivity index (χ2n) is 8.68. The molecule has 6 nitrogen and oxygen atoms in total. The Kier molecular flexibility index (Phi) is 9.95. The summed E-state index contributed by atoms with van der Waals surface area (Å²) in [5.41, 5.74) is 0.304. The van der Waals surface area contributed by atoms with Gasteiger partial charge in [-0.3, -0.25) is 14.4 Å². The lowest BCUT2D eigenvalue weighted by molar-refractivity contribution is -0.138. The predicted molar refractivity (Wildman–Crippen MR) is 119 cm³/mol.